The number of carbonyl (C=O) groups is 3. The van der Waals surface area contributed by atoms with Crippen molar-refractivity contribution >= 4 is 29.5 Å². The number of hydrogen-bond donors (Lipinski definition) is 0. The van der Waals surface area contributed by atoms with Gasteiger partial charge in [0.1, 0.15) is 0 Å². The van der Waals surface area contributed by atoms with Gasteiger partial charge in [0.05, 0.1) is 11.2 Å². The Morgan fingerprint density at radius 3 is 2.76 bits per heavy atom. The van der Waals surface area contributed by atoms with Gasteiger partial charge in [-0.2, -0.15) is 0 Å². The highest BCUT2D eigenvalue weighted by atomic mass is 32.2. The quantitative estimate of drug-likeness (QED) is 0.735. The third-order valence-electron chi connectivity index (χ3n) is 3.31. The second-order valence-electron chi connectivity index (χ2n) is 4.83. The van der Waals surface area contributed by atoms with E-state index in [1.165, 1.54) is 11.0 Å². The number of unbranched alkanes of at least 4 members (excludes halogenated alkanes) is 1. The van der Waals surface area contributed by atoms with Gasteiger partial charge in [0, 0.05) is 23.4 Å². The first-order valence-corrected chi connectivity index (χ1v) is 7.73. The van der Waals surface area contributed by atoms with Gasteiger partial charge >= 0.3 is 0 Å². The van der Waals surface area contributed by atoms with Crippen LogP contribution in [0.25, 0.3) is 0 Å². The van der Waals surface area contributed by atoms with Gasteiger partial charge in [0.25, 0.3) is 0 Å². The van der Waals surface area contributed by atoms with Gasteiger partial charge in [0.15, 0.2) is 0 Å². The molecule has 2 rings (SSSR count). The van der Waals surface area contributed by atoms with Crippen molar-refractivity contribution in [2.75, 3.05) is 6.54 Å². The molecule has 1 saturated heterocycles. The topological polar surface area (TPSA) is 77.5 Å². The predicted octanol–water partition coefficient (Wildman–Crippen LogP) is 1.07. The summed E-state index contributed by atoms with van der Waals surface area (Å²) >= 11 is 1.12. The van der Waals surface area contributed by atoms with E-state index in [1.54, 1.807) is 18.2 Å². The van der Waals surface area contributed by atoms with Gasteiger partial charge in [-0.25, -0.2) is 0 Å². The normalized spacial score (nSPS) is 18.3. The van der Waals surface area contributed by atoms with Crippen LogP contribution in [0, 0.1) is 0 Å². The van der Waals surface area contributed by atoms with E-state index in [2.05, 4.69) is 0 Å². The van der Waals surface area contributed by atoms with Crippen LogP contribution in [-0.2, 0) is 9.59 Å². The van der Waals surface area contributed by atoms with E-state index in [0.717, 1.165) is 24.6 Å². The van der Waals surface area contributed by atoms with Crippen molar-refractivity contribution in [2.45, 2.75) is 36.3 Å². The van der Waals surface area contributed by atoms with Crippen LogP contribution in [0.3, 0.4) is 0 Å². The maximum absolute atomic E-state index is 12.2. The van der Waals surface area contributed by atoms with Crippen molar-refractivity contribution in [1.29, 1.82) is 0 Å². The van der Waals surface area contributed by atoms with Gasteiger partial charge in [-0.15, -0.1) is 11.8 Å². The lowest BCUT2D eigenvalue weighted by Gasteiger charge is -2.15. The first-order valence-electron chi connectivity index (χ1n) is 6.85. The minimum absolute atomic E-state index is 0.0507. The number of aromatic carboxylic acids is 1. The van der Waals surface area contributed by atoms with Crippen LogP contribution in [0.4, 0.5) is 0 Å². The second-order valence-corrected chi connectivity index (χ2v) is 6.08. The summed E-state index contributed by atoms with van der Waals surface area (Å²) < 4.78 is 0. The van der Waals surface area contributed by atoms with Crippen LogP contribution in [-0.4, -0.2) is 34.5 Å². The average Bonchev–Trinajstić information content (AvgIpc) is 2.72. The predicted molar refractivity (Wildman–Crippen MR) is 76.7 cm³/mol. The van der Waals surface area contributed by atoms with Crippen LogP contribution in [0.2, 0.25) is 0 Å². The molecule has 2 amide bonds. The number of carboxylic acid groups (broad SMARTS) is 1. The molecule has 21 heavy (non-hydrogen) atoms. The third-order valence-corrected chi connectivity index (χ3v) is 4.58. The molecule has 0 saturated carbocycles. The van der Waals surface area contributed by atoms with Gasteiger partial charge in [-0.1, -0.05) is 31.5 Å². The summed E-state index contributed by atoms with van der Waals surface area (Å²) in [5.74, 6) is -1.69. The molecule has 0 aliphatic carbocycles. The molecule has 112 valence electrons. The Hall–Kier alpha value is -1.82. The first kappa shape index (κ1) is 15.6. The fourth-order valence-corrected chi connectivity index (χ4v) is 3.38. The summed E-state index contributed by atoms with van der Waals surface area (Å²) in [7, 11) is 0. The fraction of sp³-hybridized carbons (Fsp3) is 0.400. The highest BCUT2D eigenvalue weighted by molar-refractivity contribution is 8.00. The van der Waals surface area contributed by atoms with Gasteiger partial charge < -0.3 is 9.90 Å². The highest BCUT2D eigenvalue weighted by Gasteiger charge is 2.38. The Balaban J connectivity index is 2.13. The Bertz CT molecular complexity index is 573. The number of rotatable bonds is 6. The van der Waals surface area contributed by atoms with Crippen LogP contribution in [0.5, 0.6) is 0 Å². The molecule has 0 aromatic heterocycles. The molecule has 1 aromatic rings. The van der Waals surface area contributed by atoms with Crippen molar-refractivity contribution in [3.63, 3.8) is 0 Å². The standard InChI is InChI=1S/C15H17NO4S/c1-2-3-8-16-13(17)9-12(14(16)18)21-11-7-5-4-6-10(11)15(19)20/h4-7,12H,2-3,8-9H2,1H3,(H,19,20)/p-1/t12-/m0/s1. The molecule has 0 unspecified atom stereocenters. The van der Waals surface area contributed by atoms with E-state index in [0.29, 0.717) is 11.4 Å². The molecule has 1 fully saturated rings. The minimum atomic E-state index is -1.28. The van der Waals surface area contributed by atoms with Crippen molar-refractivity contribution in [2.24, 2.45) is 0 Å². The lowest BCUT2D eigenvalue weighted by molar-refractivity contribution is -0.255. The number of nitrogens with zero attached hydrogens (tertiary/aromatic N) is 1. The van der Waals surface area contributed by atoms with Crippen molar-refractivity contribution < 1.29 is 19.5 Å². The Morgan fingerprint density at radius 2 is 2.10 bits per heavy atom. The minimum Gasteiger partial charge on any atom is -0.545 e. The maximum atomic E-state index is 12.2. The van der Waals surface area contributed by atoms with Gasteiger partial charge in [-0.3, -0.25) is 14.5 Å². The lowest BCUT2D eigenvalue weighted by Crippen LogP contribution is -2.32. The number of thioether (sulfide) groups is 1. The van der Waals surface area contributed by atoms with E-state index in [9.17, 15) is 19.5 Å². The molecule has 0 radical (unpaired) electrons. The van der Waals surface area contributed by atoms with Crippen LogP contribution in [0.1, 0.15) is 36.5 Å². The summed E-state index contributed by atoms with van der Waals surface area (Å²) in [6.45, 7) is 2.43. The number of carbonyl (C=O) groups excluding carboxylic acids is 3. The molecule has 1 atom stereocenters. The van der Waals surface area contributed by atoms with Crippen molar-refractivity contribution in [3.05, 3.63) is 29.8 Å². The molecule has 1 aliphatic rings. The zero-order valence-corrected chi connectivity index (χ0v) is 12.5. The Kier molecular flexibility index (Phi) is 5.01. The third kappa shape index (κ3) is 3.44. The molecule has 6 heteroatoms. The van der Waals surface area contributed by atoms with Gasteiger partial charge in [-0.05, 0) is 12.5 Å². The average molecular weight is 306 g/mol. The molecule has 1 aliphatic heterocycles. The van der Waals surface area contributed by atoms with Crippen LogP contribution >= 0.6 is 11.8 Å². The maximum Gasteiger partial charge on any atom is 0.243 e. The van der Waals surface area contributed by atoms with Gasteiger partial charge in [0.2, 0.25) is 11.8 Å². The molecule has 0 N–H and O–H groups in total. The number of likely N-dealkylation sites (tertiary alicyclic amines) is 1. The zero-order chi connectivity index (χ0) is 15.4. The second kappa shape index (κ2) is 6.76. The molecule has 5 nitrogen and oxygen atoms in total. The van der Waals surface area contributed by atoms with E-state index in [1.807, 2.05) is 6.92 Å². The van der Waals surface area contributed by atoms with Crippen molar-refractivity contribution in [1.82, 2.24) is 4.90 Å². The molecule has 1 heterocycles. The number of benzene rings is 1. The number of carboxylic acids is 1. The summed E-state index contributed by atoms with van der Waals surface area (Å²) in [4.78, 5) is 36.9. The summed E-state index contributed by atoms with van der Waals surface area (Å²) in [5.41, 5.74) is 0.0507. The van der Waals surface area contributed by atoms with E-state index < -0.39 is 11.2 Å². The van der Waals surface area contributed by atoms with Crippen molar-refractivity contribution in [3.8, 4) is 0 Å². The Morgan fingerprint density at radius 1 is 1.38 bits per heavy atom. The summed E-state index contributed by atoms with van der Waals surface area (Å²) in [6, 6.07) is 6.37. The molecular formula is C15H16NO4S-. The summed E-state index contributed by atoms with van der Waals surface area (Å²) in [5, 5.41) is 10.5. The molecule has 0 bridgehead atoms. The molecule has 1 aromatic carbocycles. The summed E-state index contributed by atoms with van der Waals surface area (Å²) in [6.07, 6.45) is 1.81. The van der Waals surface area contributed by atoms with Crippen LogP contribution < -0.4 is 5.11 Å². The number of hydrogen-bond acceptors (Lipinski definition) is 5. The largest absolute Gasteiger partial charge is 0.545 e. The SMILES string of the molecule is CCCCN1C(=O)C[C@H](Sc2ccccc2C(=O)[O-])C1=O. The highest BCUT2D eigenvalue weighted by Crippen LogP contribution is 2.33. The molecular weight excluding hydrogens is 290 g/mol. The number of amides is 2. The lowest BCUT2D eigenvalue weighted by atomic mass is 10.2. The van der Waals surface area contributed by atoms with E-state index in [-0.39, 0.29) is 23.8 Å². The van der Waals surface area contributed by atoms with Crippen LogP contribution in [0.15, 0.2) is 29.2 Å². The number of imide groups is 1. The Labute approximate surface area is 127 Å². The monoisotopic (exact) mass is 306 g/mol. The smallest absolute Gasteiger partial charge is 0.243 e. The fourth-order valence-electron chi connectivity index (χ4n) is 2.19. The molecule has 0 spiro atoms. The zero-order valence-electron chi connectivity index (χ0n) is 11.7. The van der Waals surface area contributed by atoms with E-state index in [4.69, 9.17) is 0 Å². The first-order chi connectivity index (χ1) is 10.0. The van der Waals surface area contributed by atoms with E-state index >= 15 is 0 Å².